The van der Waals surface area contributed by atoms with Crippen molar-refractivity contribution in [2.75, 3.05) is 39.3 Å². The Kier molecular flexibility index (Phi) is 5.63. The first-order chi connectivity index (χ1) is 12.1. The normalized spacial score (nSPS) is 16.0. The lowest BCUT2D eigenvalue weighted by Crippen LogP contribution is -2.49. The third kappa shape index (κ3) is 4.78. The summed E-state index contributed by atoms with van der Waals surface area (Å²) in [6.45, 7) is 4.26. The van der Waals surface area contributed by atoms with Crippen LogP contribution < -0.4 is 5.32 Å². The van der Waals surface area contributed by atoms with E-state index in [0.717, 1.165) is 32.7 Å². The molecule has 6 nitrogen and oxygen atoms in total. The van der Waals surface area contributed by atoms with Crippen molar-refractivity contribution in [1.82, 2.24) is 15.1 Å². The van der Waals surface area contributed by atoms with Gasteiger partial charge in [-0.25, -0.2) is 0 Å². The molecule has 2 N–H and O–H groups in total. The standard InChI is InChI=1S/C19H23N3O3/c23-18(20-12-19(24)25)14-22-10-8-21(9-11-22)13-16-6-3-5-15-4-1-2-7-17(15)16/h1-7H,8-14H2,(H,20,23)(H,24,25). The van der Waals surface area contributed by atoms with Gasteiger partial charge in [-0.15, -0.1) is 0 Å². The lowest BCUT2D eigenvalue weighted by atomic mass is 10.0. The van der Waals surface area contributed by atoms with Crippen LogP contribution >= 0.6 is 0 Å². The van der Waals surface area contributed by atoms with Gasteiger partial charge in [-0.1, -0.05) is 42.5 Å². The number of rotatable bonds is 6. The second-order valence-corrected chi connectivity index (χ2v) is 6.36. The first-order valence-electron chi connectivity index (χ1n) is 8.51. The molecule has 2 aromatic rings. The molecule has 1 aliphatic heterocycles. The number of carboxylic acid groups (broad SMARTS) is 1. The molecule has 1 aliphatic rings. The summed E-state index contributed by atoms with van der Waals surface area (Å²) in [5.74, 6) is -1.25. The summed E-state index contributed by atoms with van der Waals surface area (Å²) in [6.07, 6.45) is 0. The van der Waals surface area contributed by atoms with Gasteiger partial charge < -0.3 is 10.4 Å². The number of nitrogens with zero attached hydrogens (tertiary/aromatic N) is 2. The molecule has 3 rings (SSSR count). The van der Waals surface area contributed by atoms with Crippen LogP contribution in [-0.4, -0.2) is 66.1 Å². The summed E-state index contributed by atoms with van der Waals surface area (Å²) >= 11 is 0. The predicted octanol–water partition coefficient (Wildman–Crippen LogP) is 1.16. The molecule has 132 valence electrons. The molecule has 0 atom stereocenters. The van der Waals surface area contributed by atoms with Crippen molar-refractivity contribution in [3.05, 3.63) is 48.0 Å². The van der Waals surface area contributed by atoms with E-state index in [1.54, 1.807) is 0 Å². The summed E-state index contributed by atoms with van der Waals surface area (Å²) < 4.78 is 0. The highest BCUT2D eigenvalue weighted by molar-refractivity contribution is 5.85. The Morgan fingerprint density at radius 1 is 0.960 bits per heavy atom. The number of aliphatic carboxylic acids is 1. The molecule has 1 heterocycles. The zero-order valence-electron chi connectivity index (χ0n) is 14.1. The monoisotopic (exact) mass is 341 g/mol. The Bertz CT molecular complexity index is 749. The van der Waals surface area contributed by atoms with Gasteiger partial charge in [0.15, 0.2) is 0 Å². The SMILES string of the molecule is O=C(O)CNC(=O)CN1CCN(Cc2cccc3ccccc23)CC1. The fraction of sp³-hybridized carbons (Fsp3) is 0.368. The number of carboxylic acids is 1. The maximum Gasteiger partial charge on any atom is 0.322 e. The van der Waals surface area contributed by atoms with Crippen LogP contribution in [0.5, 0.6) is 0 Å². The van der Waals surface area contributed by atoms with E-state index in [1.807, 2.05) is 0 Å². The first-order valence-corrected chi connectivity index (χ1v) is 8.51. The maximum atomic E-state index is 11.7. The van der Waals surface area contributed by atoms with Gasteiger partial charge in [0, 0.05) is 32.7 Å². The second-order valence-electron chi connectivity index (χ2n) is 6.36. The van der Waals surface area contributed by atoms with Gasteiger partial charge in [-0.05, 0) is 16.3 Å². The van der Waals surface area contributed by atoms with Crippen molar-refractivity contribution in [1.29, 1.82) is 0 Å². The third-order valence-corrected chi connectivity index (χ3v) is 4.54. The topological polar surface area (TPSA) is 72.9 Å². The minimum Gasteiger partial charge on any atom is -0.480 e. The van der Waals surface area contributed by atoms with E-state index in [4.69, 9.17) is 5.11 Å². The lowest BCUT2D eigenvalue weighted by molar-refractivity contribution is -0.138. The van der Waals surface area contributed by atoms with Gasteiger partial charge in [0.2, 0.25) is 5.91 Å². The van der Waals surface area contributed by atoms with E-state index in [0.29, 0.717) is 0 Å². The number of amides is 1. The first kappa shape index (κ1) is 17.4. The molecule has 0 aliphatic carbocycles. The van der Waals surface area contributed by atoms with E-state index in [2.05, 4.69) is 57.6 Å². The number of carbonyl (C=O) groups is 2. The Morgan fingerprint density at radius 3 is 2.40 bits per heavy atom. The van der Waals surface area contributed by atoms with Crippen LogP contribution in [0.1, 0.15) is 5.56 Å². The molecule has 0 radical (unpaired) electrons. The molecule has 2 aromatic carbocycles. The predicted molar refractivity (Wildman–Crippen MR) is 96.3 cm³/mol. The Morgan fingerprint density at radius 2 is 1.64 bits per heavy atom. The van der Waals surface area contributed by atoms with Crippen LogP contribution in [0.4, 0.5) is 0 Å². The number of hydrogen-bond donors (Lipinski definition) is 2. The molecule has 1 fully saturated rings. The number of benzene rings is 2. The average Bonchev–Trinajstić information content (AvgIpc) is 2.62. The summed E-state index contributed by atoms with van der Waals surface area (Å²) in [4.78, 5) is 26.6. The quantitative estimate of drug-likeness (QED) is 0.825. The molecule has 0 unspecified atom stereocenters. The van der Waals surface area contributed by atoms with Crippen LogP contribution in [0, 0.1) is 0 Å². The largest absolute Gasteiger partial charge is 0.480 e. The van der Waals surface area contributed by atoms with Gasteiger partial charge in [0.25, 0.3) is 0 Å². The summed E-state index contributed by atoms with van der Waals surface area (Å²) in [5, 5.41) is 13.5. The van der Waals surface area contributed by atoms with Crippen LogP contribution in [-0.2, 0) is 16.1 Å². The van der Waals surface area contributed by atoms with Gasteiger partial charge >= 0.3 is 5.97 Å². The second kappa shape index (κ2) is 8.09. The van der Waals surface area contributed by atoms with E-state index in [1.165, 1.54) is 16.3 Å². The van der Waals surface area contributed by atoms with Crippen LogP contribution in [0.25, 0.3) is 10.8 Å². The summed E-state index contributed by atoms with van der Waals surface area (Å²) in [6, 6.07) is 14.8. The third-order valence-electron chi connectivity index (χ3n) is 4.54. The van der Waals surface area contributed by atoms with E-state index < -0.39 is 5.97 Å². The zero-order chi connectivity index (χ0) is 17.6. The van der Waals surface area contributed by atoms with Gasteiger partial charge in [-0.2, -0.15) is 0 Å². The van der Waals surface area contributed by atoms with Crippen LogP contribution in [0.3, 0.4) is 0 Å². The molecule has 25 heavy (non-hydrogen) atoms. The number of carbonyl (C=O) groups excluding carboxylic acids is 1. The van der Waals surface area contributed by atoms with Crippen molar-refractivity contribution in [2.24, 2.45) is 0 Å². The number of fused-ring (bicyclic) bond motifs is 1. The molecule has 1 saturated heterocycles. The highest BCUT2D eigenvalue weighted by atomic mass is 16.4. The fourth-order valence-corrected chi connectivity index (χ4v) is 3.21. The molecular formula is C19H23N3O3. The van der Waals surface area contributed by atoms with Crippen molar-refractivity contribution in [3.63, 3.8) is 0 Å². The number of hydrogen-bond acceptors (Lipinski definition) is 4. The minimum atomic E-state index is -1.02. The van der Waals surface area contributed by atoms with Crippen LogP contribution in [0.15, 0.2) is 42.5 Å². The fourth-order valence-electron chi connectivity index (χ4n) is 3.21. The molecule has 1 amide bonds. The Labute approximate surface area is 147 Å². The molecule has 6 heteroatoms. The smallest absolute Gasteiger partial charge is 0.322 e. The van der Waals surface area contributed by atoms with Crippen molar-refractivity contribution < 1.29 is 14.7 Å². The average molecular weight is 341 g/mol. The van der Waals surface area contributed by atoms with E-state index >= 15 is 0 Å². The molecule has 0 spiro atoms. The lowest BCUT2D eigenvalue weighted by Gasteiger charge is -2.34. The molecule has 0 bridgehead atoms. The van der Waals surface area contributed by atoms with Crippen LogP contribution in [0.2, 0.25) is 0 Å². The van der Waals surface area contributed by atoms with Gasteiger partial charge in [-0.3, -0.25) is 19.4 Å². The van der Waals surface area contributed by atoms with Crippen molar-refractivity contribution in [3.8, 4) is 0 Å². The zero-order valence-corrected chi connectivity index (χ0v) is 14.1. The Hall–Kier alpha value is -2.44. The molecular weight excluding hydrogens is 318 g/mol. The summed E-state index contributed by atoms with van der Waals surface area (Å²) in [7, 11) is 0. The number of piperazine rings is 1. The van der Waals surface area contributed by atoms with Crippen molar-refractivity contribution in [2.45, 2.75) is 6.54 Å². The number of nitrogens with one attached hydrogen (secondary N) is 1. The highest BCUT2D eigenvalue weighted by Gasteiger charge is 2.19. The van der Waals surface area contributed by atoms with Gasteiger partial charge in [0.05, 0.1) is 6.54 Å². The molecule has 0 saturated carbocycles. The molecule has 0 aromatic heterocycles. The van der Waals surface area contributed by atoms with Crippen molar-refractivity contribution >= 4 is 22.6 Å². The van der Waals surface area contributed by atoms with Gasteiger partial charge in [0.1, 0.15) is 6.54 Å². The van der Waals surface area contributed by atoms with E-state index in [-0.39, 0.29) is 19.0 Å². The highest BCUT2D eigenvalue weighted by Crippen LogP contribution is 2.20. The summed E-state index contributed by atoms with van der Waals surface area (Å²) in [5.41, 5.74) is 1.32. The minimum absolute atomic E-state index is 0.232. The maximum absolute atomic E-state index is 11.7. The Balaban J connectivity index is 1.51. The van der Waals surface area contributed by atoms with E-state index in [9.17, 15) is 9.59 Å².